The Kier molecular flexibility index (Phi) is 3.58. The molecule has 3 aromatic rings. The summed E-state index contributed by atoms with van der Waals surface area (Å²) in [5, 5.41) is 2.92. The Morgan fingerprint density at radius 1 is 1.18 bits per heavy atom. The van der Waals surface area contributed by atoms with Crippen LogP contribution in [0.5, 0.6) is 11.5 Å². The SMILES string of the molecule is CCc1c[nH]n2c(=O)cc(-c3ccc(OC)c(OC)c3)nc12. The quantitative estimate of drug-likeness (QED) is 0.802. The fraction of sp³-hybridized carbons (Fsp3) is 0.250. The molecular weight excluding hydrogens is 282 g/mol. The number of aromatic amines is 1. The molecule has 0 radical (unpaired) electrons. The molecule has 0 aliphatic heterocycles. The molecule has 0 saturated heterocycles. The summed E-state index contributed by atoms with van der Waals surface area (Å²) in [5.41, 5.74) is 2.93. The summed E-state index contributed by atoms with van der Waals surface area (Å²) >= 11 is 0. The van der Waals surface area contributed by atoms with Crippen LogP contribution in [0.25, 0.3) is 16.9 Å². The van der Waals surface area contributed by atoms with E-state index in [9.17, 15) is 4.79 Å². The van der Waals surface area contributed by atoms with Crippen LogP contribution in [0, 0.1) is 0 Å². The first-order chi connectivity index (χ1) is 10.7. The van der Waals surface area contributed by atoms with Gasteiger partial charge in [0.05, 0.1) is 19.9 Å². The molecule has 22 heavy (non-hydrogen) atoms. The molecule has 0 unspecified atom stereocenters. The topological polar surface area (TPSA) is 68.6 Å². The first kappa shape index (κ1) is 14.2. The minimum Gasteiger partial charge on any atom is -0.493 e. The van der Waals surface area contributed by atoms with E-state index in [1.165, 1.54) is 10.6 Å². The number of methoxy groups -OCH3 is 2. The molecule has 2 aromatic heterocycles. The second-order valence-corrected chi connectivity index (χ2v) is 4.86. The Morgan fingerprint density at radius 3 is 2.64 bits per heavy atom. The minimum absolute atomic E-state index is 0.144. The summed E-state index contributed by atoms with van der Waals surface area (Å²) in [7, 11) is 3.16. The minimum atomic E-state index is -0.144. The van der Waals surface area contributed by atoms with Crippen molar-refractivity contribution in [2.45, 2.75) is 13.3 Å². The first-order valence-electron chi connectivity index (χ1n) is 7.00. The normalized spacial score (nSPS) is 10.9. The van der Waals surface area contributed by atoms with Gasteiger partial charge >= 0.3 is 0 Å². The van der Waals surface area contributed by atoms with E-state index in [1.807, 2.05) is 25.3 Å². The first-order valence-corrected chi connectivity index (χ1v) is 7.00. The molecular formula is C16H17N3O3. The predicted molar refractivity (Wildman–Crippen MR) is 83.7 cm³/mol. The van der Waals surface area contributed by atoms with Gasteiger partial charge in [-0.2, -0.15) is 0 Å². The summed E-state index contributed by atoms with van der Waals surface area (Å²) < 4.78 is 12.0. The number of rotatable bonds is 4. The van der Waals surface area contributed by atoms with Crippen molar-refractivity contribution in [2.24, 2.45) is 0 Å². The maximum absolute atomic E-state index is 12.2. The predicted octanol–water partition coefficient (Wildman–Crippen LogP) is 2.27. The van der Waals surface area contributed by atoms with Gasteiger partial charge in [0.15, 0.2) is 17.1 Å². The van der Waals surface area contributed by atoms with Gasteiger partial charge in [-0.25, -0.2) is 9.50 Å². The van der Waals surface area contributed by atoms with Crippen LogP contribution in [0.4, 0.5) is 0 Å². The van der Waals surface area contributed by atoms with Crippen LogP contribution < -0.4 is 15.0 Å². The summed E-state index contributed by atoms with van der Waals surface area (Å²) in [6, 6.07) is 6.98. The number of hydrogen-bond donors (Lipinski definition) is 1. The van der Waals surface area contributed by atoms with Gasteiger partial charge in [0.2, 0.25) is 0 Å². The molecule has 0 amide bonds. The van der Waals surface area contributed by atoms with E-state index in [4.69, 9.17) is 9.47 Å². The van der Waals surface area contributed by atoms with Gasteiger partial charge in [-0.05, 0) is 24.6 Å². The number of H-pyrrole nitrogens is 1. The van der Waals surface area contributed by atoms with Gasteiger partial charge in [-0.3, -0.25) is 9.89 Å². The zero-order valence-corrected chi connectivity index (χ0v) is 12.7. The van der Waals surface area contributed by atoms with E-state index in [-0.39, 0.29) is 5.56 Å². The van der Waals surface area contributed by atoms with Gasteiger partial charge in [0.25, 0.3) is 5.56 Å². The fourth-order valence-electron chi connectivity index (χ4n) is 2.43. The maximum Gasteiger partial charge on any atom is 0.273 e. The summed E-state index contributed by atoms with van der Waals surface area (Å²) in [6.07, 6.45) is 2.61. The Labute approximate surface area is 127 Å². The monoisotopic (exact) mass is 299 g/mol. The van der Waals surface area contributed by atoms with Crippen LogP contribution in [-0.2, 0) is 6.42 Å². The fourth-order valence-corrected chi connectivity index (χ4v) is 2.43. The van der Waals surface area contributed by atoms with Gasteiger partial charge in [-0.15, -0.1) is 0 Å². The van der Waals surface area contributed by atoms with Crippen molar-refractivity contribution in [3.8, 4) is 22.8 Å². The number of aromatic nitrogens is 3. The van der Waals surface area contributed by atoms with Crippen LogP contribution in [0.2, 0.25) is 0 Å². The maximum atomic E-state index is 12.2. The molecule has 3 rings (SSSR count). The average molecular weight is 299 g/mol. The van der Waals surface area contributed by atoms with Crippen LogP contribution in [0.15, 0.2) is 35.3 Å². The van der Waals surface area contributed by atoms with Crippen molar-refractivity contribution in [2.75, 3.05) is 14.2 Å². The summed E-state index contributed by atoms with van der Waals surface area (Å²) in [6.45, 7) is 2.03. The van der Waals surface area contributed by atoms with Crippen molar-refractivity contribution in [1.29, 1.82) is 0 Å². The average Bonchev–Trinajstić information content (AvgIpc) is 2.97. The van der Waals surface area contributed by atoms with E-state index in [0.29, 0.717) is 22.8 Å². The lowest BCUT2D eigenvalue weighted by Crippen LogP contribution is -2.14. The molecule has 2 heterocycles. The number of fused-ring (bicyclic) bond motifs is 1. The van der Waals surface area contributed by atoms with Crippen LogP contribution >= 0.6 is 0 Å². The highest BCUT2D eigenvalue weighted by molar-refractivity contribution is 5.66. The molecule has 0 bridgehead atoms. The van der Waals surface area contributed by atoms with Crippen LogP contribution in [-0.4, -0.2) is 28.8 Å². The van der Waals surface area contributed by atoms with Crippen LogP contribution in [0.1, 0.15) is 12.5 Å². The van der Waals surface area contributed by atoms with Crippen molar-refractivity contribution in [3.05, 3.63) is 46.4 Å². The molecule has 6 heteroatoms. The van der Waals surface area contributed by atoms with Crippen LogP contribution in [0.3, 0.4) is 0 Å². The van der Waals surface area contributed by atoms with E-state index >= 15 is 0 Å². The third-order valence-corrected chi connectivity index (χ3v) is 3.63. The smallest absolute Gasteiger partial charge is 0.273 e. The zero-order valence-electron chi connectivity index (χ0n) is 12.7. The molecule has 0 spiro atoms. The number of nitrogens with one attached hydrogen (secondary N) is 1. The zero-order chi connectivity index (χ0) is 15.7. The number of benzene rings is 1. The molecule has 0 aliphatic carbocycles. The highest BCUT2D eigenvalue weighted by atomic mass is 16.5. The molecule has 1 aromatic carbocycles. The molecule has 0 aliphatic rings. The number of aryl methyl sites for hydroxylation is 1. The molecule has 0 fully saturated rings. The number of hydrogen-bond acceptors (Lipinski definition) is 4. The Bertz CT molecular complexity index is 880. The molecule has 0 saturated carbocycles. The molecule has 1 N–H and O–H groups in total. The second-order valence-electron chi connectivity index (χ2n) is 4.86. The van der Waals surface area contributed by atoms with E-state index in [1.54, 1.807) is 20.3 Å². The van der Waals surface area contributed by atoms with Crippen molar-refractivity contribution < 1.29 is 9.47 Å². The highest BCUT2D eigenvalue weighted by Crippen LogP contribution is 2.31. The van der Waals surface area contributed by atoms with Crippen molar-refractivity contribution in [1.82, 2.24) is 14.6 Å². The third-order valence-electron chi connectivity index (χ3n) is 3.63. The molecule has 6 nitrogen and oxygen atoms in total. The van der Waals surface area contributed by atoms with Gasteiger partial charge < -0.3 is 9.47 Å². The van der Waals surface area contributed by atoms with E-state index in [0.717, 1.165) is 17.5 Å². The summed E-state index contributed by atoms with van der Waals surface area (Å²) in [4.78, 5) is 16.8. The summed E-state index contributed by atoms with van der Waals surface area (Å²) in [5.74, 6) is 1.24. The Hall–Kier alpha value is -2.76. The van der Waals surface area contributed by atoms with E-state index in [2.05, 4.69) is 10.1 Å². The molecule has 114 valence electrons. The van der Waals surface area contributed by atoms with E-state index < -0.39 is 0 Å². The largest absolute Gasteiger partial charge is 0.493 e. The Balaban J connectivity index is 2.19. The van der Waals surface area contributed by atoms with Crippen molar-refractivity contribution >= 4 is 5.65 Å². The van der Waals surface area contributed by atoms with Gasteiger partial charge in [0.1, 0.15) is 0 Å². The standard InChI is InChI=1S/C16H17N3O3/c1-4-10-9-17-19-15(20)8-12(18-16(10)19)11-5-6-13(21-2)14(7-11)22-3/h5-9,17H,4H2,1-3H3. The Morgan fingerprint density at radius 2 is 1.95 bits per heavy atom. The second kappa shape index (κ2) is 5.55. The lowest BCUT2D eigenvalue weighted by Gasteiger charge is -2.09. The lowest BCUT2D eigenvalue weighted by atomic mass is 10.1. The lowest BCUT2D eigenvalue weighted by molar-refractivity contribution is 0.355. The van der Waals surface area contributed by atoms with Crippen molar-refractivity contribution in [3.63, 3.8) is 0 Å². The van der Waals surface area contributed by atoms with Gasteiger partial charge in [-0.1, -0.05) is 6.92 Å². The highest BCUT2D eigenvalue weighted by Gasteiger charge is 2.11. The number of ether oxygens (including phenoxy) is 2. The third kappa shape index (κ3) is 2.22. The van der Waals surface area contributed by atoms with Gasteiger partial charge in [0, 0.05) is 23.4 Å². The molecule has 0 atom stereocenters. The number of nitrogens with zero attached hydrogens (tertiary/aromatic N) is 2.